The van der Waals surface area contributed by atoms with Gasteiger partial charge in [0.1, 0.15) is 36.4 Å². The van der Waals surface area contributed by atoms with Gasteiger partial charge in [-0.25, -0.2) is 4.79 Å². The van der Waals surface area contributed by atoms with E-state index in [0.717, 1.165) is 5.56 Å². The molecular weight excluding hydrogens is 534 g/mol. The van der Waals surface area contributed by atoms with E-state index in [9.17, 15) is 28.8 Å². The number of ether oxygens (including phenoxy) is 2. The second kappa shape index (κ2) is 16.2. The number of carbonyl (C=O) groups is 6. The number of esters is 1. The molecule has 5 atom stereocenters. The highest BCUT2D eigenvalue weighted by molar-refractivity contribution is 5.96. The summed E-state index contributed by atoms with van der Waals surface area (Å²) >= 11 is 0. The first-order chi connectivity index (χ1) is 19.0. The molecule has 0 heterocycles. The second-order valence-corrected chi connectivity index (χ2v) is 10.8. The molecule has 0 aliphatic heterocycles. The third-order valence-corrected chi connectivity index (χ3v) is 5.94. The maximum atomic E-state index is 13.1. The van der Waals surface area contributed by atoms with Crippen LogP contribution in [0.2, 0.25) is 0 Å². The average Bonchev–Trinajstić information content (AvgIpc) is 2.88. The fraction of sp³-hybridized carbons (Fsp3) is 0.571. The monoisotopic (exact) mass is 577 g/mol. The van der Waals surface area contributed by atoms with Gasteiger partial charge in [0.2, 0.25) is 23.6 Å². The van der Waals surface area contributed by atoms with Crippen LogP contribution < -0.4 is 27.0 Å². The molecule has 0 aliphatic carbocycles. The largest absolute Gasteiger partial charge is 0.461 e. The van der Waals surface area contributed by atoms with E-state index in [0.29, 0.717) is 6.42 Å². The van der Waals surface area contributed by atoms with Gasteiger partial charge in [0.05, 0.1) is 6.42 Å². The first kappa shape index (κ1) is 34.9. The number of primary amides is 1. The van der Waals surface area contributed by atoms with Crippen LogP contribution in [0.4, 0.5) is 4.79 Å². The van der Waals surface area contributed by atoms with E-state index in [1.807, 2.05) is 6.92 Å². The summed E-state index contributed by atoms with van der Waals surface area (Å²) in [5.41, 5.74) is 5.33. The van der Waals surface area contributed by atoms with Crippen molar-refractivity contribution in [3.05, 3.63) is 35.9 Å². The zero-order valence-corrected chi connectivity index (χ0v) is 24.7. The highest BCUT2D eigenvalue weighted by atomic mass is 16.6. The Balaban J connectivity index is 2.97. The lowest BCUT2D eigenvalue weighted by molar-refractivity contribution is -0.147. The Hall–Kier alpha value is -4.16. The van der Waals surface area contributed by atoms with Gasteiger partial charge >= 0.3 is 12.1 Å². The van der Waals surface area contributed by atoms with Gasteiger partial charge in [-0.2, -0.15) is 0 Å². The van der Waals surface area contributed by atoms with Crippen LogP contribution in [0, 0.1) is 5.92 Å². The van der Waals surface area contributed by atoms with Crippen LogP contribution in [0.25, 0.3) is 0 Å². The van der Waals surface area contributed by atoms with E-state index >= 15 is 0 Å². The molecule has 228 valence electrons. The van der Waals surface area contributed by atoms with Crippen LogP contribution in [-0.4, -0.2) is 65.5 Å². The molecule has 0 bridgehead atoms. The SMILES string of the molecule is CC[C@H](C)[C@H](NC(=O)[C@H](C)NC(=O)[C@@H](CC(=O)OCc1ccccc1)NC(=O)[C@H](C)NC(=O)OC(C)(C)C)C(N)=O. The Kier molecular flexibility index (Phi) is 13.8. The average molecular weight is 578 g/mol. The molecule has 5 amide bonds. The third-order valence-electron chi connectivity index (χ3n) is 5.94. The molecule has 0 saturated carbocycles. The summed E-state index contributed by atoms with van der Waals surface area (Å²) in [6.45, 7) is 11.2. The minimum absolute atomic E-state index is 0.0541. The third kappa shape index (κ3) is 13.2. The van der Waals surface area contributed by atoms with Gasteiger partial charge in [-0.3, -0.25) is 24.0 Å². The molecule has 0 fully saturated rings. The molecule has 13 heteroatoms. The Morgan fingerprint density at radius 3 is 1.93 bits per heavy atom. The van der Waals surface area contributed by atoms with Crippen LogP contribution in [0.15, 0.2) is 30.3 Å². The van der Waals surface area contributed by atoms with Gasteiger partial charge in [0.25, 0.3) is 0 Å². The van der Waals surface area contributed by atoms with Crippen molar-refractivity contribution in [3.8, 4) is 0 Å². The summed E-state index contributed by atoms with van der Waals surface area (Å²) in [5, 5.41) is 9.74. The molecule has 13 nitrogen and oxygen atoms in total. The van der Waals surface area contributed by atoms with Gasteiger partial charge in [-0.1, -0.05) is 50.6 Å². The minimum atomic E-state index is -1.45. The van der Waals surface area contributed by atoms with Crippen LogP contribution in [0.3, 0.4) is 0 Å². The lowest BCUT2D eigenvalue weighted by Gasteiger charge is -2.25. The predicted octanol–water partition coefficient (Wildman–Crippen LogP) is 1.04. The molecule has 0 saturated heterocycles. The molecule has 6 N–H and O–H groups in total. The highest BCUT2D eigenvalue weighted by Gasteiger charge is 2.31. The Bertz CT molecular complexity index is 1070. The zero-order chi connectivity index (χ0) is 31.3. The molecule has 41 heavy (non-hydrogen) atoms. The van der Waals surface area contributed by atoms with Gasteiger partial charge in [-0.05, 0) is 46.1 Å². The van der Waals surface area contributed by atoms with Crippen LogP contribution in [0.5, 0.6) is 0 Å². The Morgan fingerprint density at radius 1 is 0.829 bits per heavy atom. The highest BCUT2D eigenvalue weighted by Crippen LogP contribution is 2.09. The fourth-order valence-corrected chi connectivity index (χ4v) is 3.41. The smallest absolute Gasteiger partial charge is 0.408 e. The van der Waals surface area contributed by atoms with E-state index in [1.165, 1.54) is 13.8 Å². The topological polar surface area (TPSA) is 195 Å². The number of carbonyl (C=O) groups excluding carboxylic acids is 6. The van der Waals surface area contributed by atoms with Crippen molar-refractivity contribution in [3.63, 3.8) is 0 Å². The van der Waals surface area contributed by atoms with E-state index in [2.05, 4.69) is 21.3 Å². The standard InChI is InChI=1S/C28H43N5O8/c1-8-16(2)22(23(29)35)33-25(37)17(3)30-26(38)20(14-21(34)40-15-19-12-10-9-11-13-19)32-24(36)18(4)31-27(39)41-28(5,6)7/h9-13,16-18,20,22H,8,14-15H2,1-7H3,(H2,29,35)(H,30,38)(H,31,39)(H,32,36)(H,33,37)/t16-,17-,18-,20+,22-/m0/s1. The van der Waals surface area contributed by atoms with Gasteiger partial charge in [0.15, 0.2) is 0 Å². The molecule has 0 spiro atoms. The van der Waals surface area contributed by atoms with Crippen LogP contribution in [-0.2, 0) is 40.1 Å². The van der Waals surface area contributed by atoms with E-state index < -0.39 is 71.9 Å². The van der Waals surface area contributed by atoms with Crippen molar-refractivity contribution >= 4 is 35.7 Å². The van der Waals surface area contributed by atoms with Crippen molar-refractivity contribution in [2.45, 2.75) is 97.7 Å². The van der Waals surface area contributed by atoms with Gasteiger partial charge in [0, 0.05) is 0 Å². The molecular formula is C28H43N5O8. The molecule has 1 rings (SSSR count). The molecule has 1 aromatic rings. The van der Waals surface area contributed by atoms with Crippen molar-refractivity contribution in [2.75, 3.05) is 0 Å². The lowest BCUT2D eigenvalue weighted by atomic mass is 9.98. The van der Waals surface area contributed by atoms with Gasteiger partial charge in [-0.15, -0.1) is 0 Å². The Labute approximate surface area is 240 Å². The first-order valence-corrected chi connectivity index (χ1v) is 13.4. The predicted molar refractivity (Wildman–Crippen MR) is 150 cm³/mol. The number of benzene rings is 1. The number of hydrogen-bond donors (Lipinski definition) is 5. The number of hydrogen-bond acceptors (Lipinski definition) is 8. The van der Waals surface area contributed by atoms with Crippen molar-refractivity contribution in [1.29, 1.82) is 0 Å². The maximum absolute atomic E-state index is 13.1. The summed E-state index contributed by atoms with van der Waals surface area (Å²) in [4.78, 5) is 75.1. The summed E-state index contributed by atoms with van der Waals surface area (Å²) in [7, 11) is 0. The summed E-state index contributed by atoms with van der Waals surface area (Å²) in [5.74, 6) is -4.08. The lowest BCUT2D eigenvalue weighted by Crippen LogP contribution is -2.58. The van der Waals surface area contributed by atoms with Gasteiger partial charge < -0.3 is 36.5 Å². The van der Waals surface area contributed by atoms with Crippen LogP contribution >= 0.6 is 0 Å². The zero-order valence-electron chi connectivity index (χ0n) is 24.7. The van der Waals surface area contributed by atoms with E-state index in [1.54, 1.807) is 58.0 Å². The number of rotatable bonds is 14. The summed E-state index contributed by atoms with van der Waals surface area (Å²) < 4.78 is 10.4. The van der Waals surface area contributed by atoms with Crippen molar-refractivity contribution in [2.24, 2.45) is 11.7 Å². The molecule has 0 radical (unpaired) electrons. The second-order valence-electron chi connectivity index (χ2n) is 10.8. The van der Waals surface area contributed by atoms with E-state index in [-0.39, 0.29) is 12.5 Å². The number of amides is 5. The number of alkyl carbamates (subject to hydrolysis) is 1. The molecule has 0 aromatic heterocycles. The summed E-state index contributed by atoms with van der Waals surface area (Å²) in [6.07, 6.45) is -0.836. The number of nitrogens with one attached hydrogen (secondary N) is 4. The van der Waals surface area contributed by atoms with Crippen molar-refractivity contribution < 1.29 is 38.2 Å². The Morgan fingerprint density at radius 2 is 1.39 bits per heavy atom. The van der Waals surface area contributed by atoms with Crippen LogP contribution in [0.1, 0.15) is 66.9 Å². The van der Waals surface area contributed by atoms with E-state index in [4.69, 9.17) is 15.2 Å². The minimum Gasteiger partial charge on any atom is -0.461 e. The molecule has 0 aliphatic rings. The first-order valence-electron chi connectivity index (χ1n) is 13.4. The normalized spacial score (nSPS) is 14.7. The molecule has 0 unspecified atom stereocenters. The number of nitrogens with two attached hydrogens (primary N) is 1. The quantitative estimate of drug-likeness (QED) is 0.202. The fourth-order valence-electron chi connectivity index (χ4n) is 3.41. The molecule has 1 aromatic carbocycles. The maximum Gasteiger partial charge on any atom is 0.408 e. The van der Waals surface area contributed by atoms with Crippen molar-refractivity contribution in [1.82, 2.24) is 21.3 Å². The summed E-state index contributed by atoms with van der Waals surface area (Å²) in [6, 6.07) is 4.17.